The number of piperidine rings is 1. The van der Waals surface area contributed by atoms with E-state index in [9.17, 15) is 9.90 Å². The minimum Gasteiger partial charge on any atom is -0.490 e. The number of aliphatic hydroxyl groups is 1. The maximum absolute atomic E-state index is 13.3. The molecule has 3 heterocycles. The molecule has 0 bridgehead atoms. The molecule has 0 radical (unpaired) electrons. The van der Waals surface area contributed by atoms with Crippen molar-refractivity contribution in [2.24, 2.45) is 0 Å². The molecule has 36 heavy (non-hydrogen) atoms. The lowest BCUT2D eigenvalue weighted by atomic mass is 10.00. The summed E-state index contributed by atoms with van der Waals surface area (Å²) in [4.78, 5) is 17.3. The molecule has 2 aromatic carbocycles. The van der Waals surface area contributed by atoms with Crippen LogP contribution in [0.4, 0.5) is 0 Å². The summed E-state index contributed by atoms with van der Waals surface area (Å²) in [6.45, 7) is 6.92. The monoisotopic (exact) mass is 537 g/mol. The normalized spacial score (nSPS) is 21.1. The number of nitrogens with zero attached hydrogens (tertiary/aromatic N) is 2. The molecule has 0 spiro atoms. The van der Waals surface area contributed by atoms with Crippen LogP contribution < -0.4 is 14.8 Å². The summed E-state index contributed by atoms with van der Waals surface area (Å²) in [6.07, 6.45) is 2.33. The van der Waals surface area contributed by atoms with Crippen molar-refractivity contribution in [1.29, 1.82) is 0 Å². The summed E-state index contributed by atoms with van der Waals surface area (Å²) >= 11 is 0. The summed E-state index contributed by atoms with van der Waals surface area (Å²) < 4.78 is 12.3. The predicted octanol–water partition coefficient (Wildman–Crippen LogP) is 3.30. The van der Waals surface area contributed by atoms with Gasteiger partial charge in [0.15, 0.2) is 0 Å². The van der Waals surface area contributed by atoms with E-state index in [1.165, 1.54) is 11.1 Å². The number of hydrogen-bond donors (Lipinski definition) is 2. The van der Waals surface area contributed by atoms with Gasteiger partial charge in [0.05, 0.1) is 18.2 Å². The van der Waals surface area contributed by atoms with Gasteiger partial charge in [0.1, 0.15) is 23.7 Å². The van der Waals surface area contributed by atoms with Crippen molar-refractivity contribution in [2.75, 3.05) is 39.3 Å². The van der Waals surface area contributed by atoms with E-state index < -0.39 is 6.10 Å². The van der Waals surface area contributed by atoms with E-state index in [2.05, 4.69) is 34.5 Å². The van der Waals surface area contributed by atoms with Gasteiger partial charge in [-0.1, -0.05) is 24.3 Å². The van der Waals surface area contributed by atoms with Crippen LogP contribution in [-0.2, 0) is 13.0 Å². The second-order valence-corrected chi connectivity index (χ2v) is 9.77. The number of carbonyl (C=O) groups excluding carboxylic acids is 1. The van der Waals surface area contributed by atoms with Gasteiger partial charge in [-0.25, -0.2) is 0 Å². The van der Waals surface area contributed by atoms with Crippen molar-refractivity contribution in [3.8, 4) is 11.5 Å². The molecular weight excluding hydrogens is 501 g/mol. The first-order valence-corrected chi connectivity index (χ1v) is 12.5. The van der Waals surface area contributed by atoms with Crippen LogP contribution in [0.2, 0.25) is 0 Å². The summed E-state index contributed by atoms with van der Waals surface area (Å²) in [7, 11) is 0. The Morgan fingerprint density at radius 1 is 1.11 bits per heavy atom. The van der Waals surface area contributed by atoms with Crippen LogP contribution >= 0.6 is 24.8 Å². The highest BCUT2D eigenvalue weighted by Crippen LogP contribution is 2.31. The van der Waals surface area contributed by atoms with Gasteiger partial charge in [0.2, 0.25) is 0 Å². The Morgan fingerprint density at radius 3 is 2.64 bits per heavy atom. The Kier molecular flexibility index (Phi) is 10.3. The number of benzene rings is 2. The van der Waals surface area contributed by atoms with Gasteiger partial charge in [0, 0.05) is 32.2 Å². The van der Waals surface area contributed by atoms with E-state index in [0.29, 0.717) is 24.4 Å². The average molecular weight is 539 g/mol. The van der Waals surface area contributed by atoms with Gasteiger partial charge in [-0.05, 0) is 62.5 Å². The number of amides is 1. The summed E-state index contributed by atoms with van der Waals surface area (Å²) in [5, 5.41) is 14.2. The van der Waals surface area contributed by atoms with Gasteiger partial charge in [-0.2, -0.15) is 0 Å². The quantitative estimate of drug-likeness (QED) is 0.588. The van der Waals surface area contributed by atoms with Crippen molar-refractivity contribution < 1.29 is 19.4 Å². The third kappa shape index (κ3) is 6.84. The fourth-order valence-electron chi connectivity index (χ4n) is 5.25. The maximum atomic E-state index is 13.3. The standard InChI is InChI=1S/C27H35N3O4.2ClH/c1-19-15-30(18-22(31)17-29-13-10-20-4-2-3-5-21(20)16-29)27(32)25-7-6-24(14-26(25)33-19)34-23-8-11-28-12-9-23;;/h2-7,14,19,22-23,28,31H,8-13,15-18H2,1H3;2*1H/t19?,22-;;/m1../s1. The molecule has 2 atom stereocenters. The largest absolute Gasteiger partial charge is 0.490 e. The minimum atomic E-state index is -0.620. The van der Waals surface area contributed by atoms with Gasteiger partial charge < -0.3 is 24.8 Å². The lowest BCUT2D eigenvalue weighted by Crippen LogP contribution is -2.45. The zero-order valence-corrected chi connectivity index (χ0v) is 22.4. The number of carbonyl (C=O) groups is 1. The van der Waals surface area contributed by atoms with E-state index in [1.807, 2.05) is 19.1 Å². The zero-order chi connectivity index (χ0) is 23.5. The molecule has 2 aromatic rings. The minimum absolute atomic E-state index is 0. The van der Waals surface area contributed by atoms with E-state index >= 15 is 0 Å². The Balaban J connectivity index is 0.00000180. The number of halogens is 2. The molecule has 1 unspecified atom stereocenters. The molecule has 0 aromatic heterocycles. The van der Waals surface area contributed by atoms with Crippen LogP contribution in [0.3, 0.4) is 0 Å². The van der Waals surface area contributed by atoms with E-state index in [-0.39, 0.29) is 49.5 Å². The highest BCUT2D eigenvalue weighted by atomic mass is 35.5. The van der Waals surface area contributed by atoms with E-state index in [1.54, 1.807) is 11.0 Å². The smallest absolute Gasteiger partial charge is 0.257 e. The molecular formula is C27H37Cl2N3O4. The highest BCUT2D eigenvalue weighted by molar-refractivity contribution is 5.97. The molecule has 9 heteroatoms. The molecule has 2 N–H and O–H groups in total. The van der Waals surface area contributed by atoms with Crippen LogP contribution in [0.25, 0.3) is 0 Å². The molecule has 7 nitrogen and oxygen atoms in total. The predicted molar refractivity (Wildman–Crippen MR) is 145 cm³/mol. The molecule has 5 rings (SSSR count). The molecule has 1 fully saturated rings. The Labute approximate surface area is 226 Å². The van der Waals surface area contributed by atoms with Crippen molar-refractivity contribution in [2.45, 2.75) is 51.0 Å². The van der Waals surface area contributed by atoms with Crippen molar-refractivity contribution in [1.82, 2.24) is 15.1 Å². The molecule has 3 aliphatic rings. The van der Waals surface area contributed by atoms with Crippen LogP contribution in [-0.4, -0.2) is 78.4 Å². The van der Waals surface area contributed by atoms with Crippen molar-refractivity contribution >= 4 is 30.7 Å². The van der Waals surface area contributed by atoms with Crippen molar-refractivity contribution in [3.05, 3.63) is 59.2 Å². The van der Waals surface area contributed by atoms with E-state index in [0.717, 1.165) is 51.2 Å². The Morgan fingerprint density at radius 2 is 1.86 bits per heavy atom. The maximum Gasteiger partial charge on any atom is 0.257 e. The zero-order valence-electron chi connectivity index (χ0n) is 20.7. The first kappa shape index (κ1) is 28.5. The number of hydrogen-bond acceptors (Lipinski definition) is 6. The molecule has 0 saturated carbocycles. The number of nitrogens with one attached hydrogen (secondary N) is 1. The third-order valence-corrected chi connectivity index (χ3v) is 6.98. The van der Waals surface area contributed by atoms with Gasteiger partial charge in [-0.3, -0.25) is 9.69 Å². The summed E-state index contributed by atoms with van der Waals surface area (Å²) in [5.74, 6) is 1.20. The Hall–Kier alpha value is -2.03. The SMILES string of the molecule is CC1CN(C[C@H](O)CN2CCc3ccccc3C2)C(=O)c2ccc(OC3CCNCC3)cc2O1.Cl.Cl. The lowest BCUT2D eigenvalue weighted by molar-refractivity contribution is 0.0454. The number of ether oxygens (including phenoxy) is 2. The molecule has 0 aliphatic carbocycles. The van der Waals surface area contributed by atoms with Crippen LogP contribution in [0, 0.1) is 0 Å². The number of rotatable bonds is 6. The first-order valence-electron chi connectivity index (χ1n) is 12.5. The van der Waals surface area contributed by atoms with Crippen LogP contribution in [0.15, 0.2) is 42.5 Å². The average Bonchev–Trinajstić information content (AvgIpc) is 2.95. The number of aliphatic hydroxyl groups excluding tert-OH is 1. The Bertz CT molecular complexity index is 1020. The summed E-state index contributed by atoms with van der Waals surface area (Å²) in [5.41, 5.74) is 3.24. The van der Waals surface area contributed by atoms with Crippen LogP contribution in [0.5, 0.6) is 11.5 Å². The van der Waals surface area contributed by atoms with Gasteiger partial charge in [-0.15, -0.1) is 24.8 Å². The fourth-order valence-corrected chi connectivity index (χ4v) is 5.25. The highest BCUT2D eigenvalue weighted by Gasteiger charge is 2.30. The number of fused-ring (bicyclic) bond motifs is 2. The van der Waals surface area contributed by atoms with Crippen LogP contribution in [0.1, 0.15) is 41.3 Å². The van der Waals surface area contributed by atoms with E-state index in [4.69, 9.17) is 9.47 Å². The van der Waals surface area contributed by atoms with Gasteiger partial charge in [0.25, 0.3) is 5.91 Å². The fraction of sp³-hybridized carbons (Fsp3) is 0.519. The lowest BCUT2D eigenvalue weighted by Gasteiger charge is -2.32. The number of β-amino-alcohol motifs (C(OH)–C–C–N with tert-alkyl or cyclic N) is 1. The topological polar surface area (TPSA) is 74.3 Å². The van der Waals surface area contributed by atoms with Crippen molar-refractivity contribution in [3.63, 3.8) is 0 Å². The molecule has 3 aliphatic heterocycles. The van der Waals surface area contributed by atoms with Gasteiger partial charge >= 0.3 is 0 Å². The second-order valence-electron chi connectivity index (χ2n) is 9.77. The second kappa shape index (κ2) is 13.0. The molecule has 1 amide bonds. The third-order valence-electron chi connectivity index (χ3n) is 6.98. The summed E-state index contributed by atoms with van der Waals surface area (Å²) in [6, 6.07) is 14.0. The first-order chi connectivity index (χ1) is 16.5. The molecule has 198 valence electrons. The molecule has 1 saturated heterocycles.